The van der Waals surface area contributed by atoms with Crippen LogP contribution in [0.5, 0.6) is 0 Å². The van der Waals surface area contributed by atoms with Crippen molar-refractivity contribution >= 4 is 17.5 Å². The summed E-state index contributed by atoms with van der Waals surface area (Å²) in [6, 6.07) is 11.5. The molecule has 1 aromatic carbocycles. The molecule has 0 aliphatic carbocycles. The van der Waals surface area contributed by atoms with E-state index in [0.29, 0.717) is 18.0 Å². The van der Waals surface area contributed by atoms with Crippen molar-refractivity contribution in [3.05, 3.63) is 53.3 Å². The molecule has 0 atom stereocenters. The van der Waals surface area contributed by atoms with Crippen molar-refractivity contribution in [1.82, 2.24) is 14.8 Å². The molecule has 1 amide bonds. The van der Waals surface area contributed by atoms with Crippen LogP contribution in [0.4, 0.5) is 0 Å². The van der Waals surface area contributed by atoms with Gasteiger partial charge in [0.25, 0.3) is 0 Å². The minimum atomic E-state index is 0.0331. The lowest BCUT2D eigenvalue weighted by atomic mass is 10.2. The maximum atomic E-state index is 12.0. The summed E-state index contributed by atoms with van der Waals surface area (Å²) >= 11 is 5.90. The van der Waals surface area contributed by atoms with Gasteiger partial charge in [0, 0.05) is 35.7 Å². The average Bonchev–Trinajstić information content (AvgIpc) is 2.87. The Kier molecular flexibility index (Phi) is 5.42. The molecule has 0 spiro atoms. The van der Waals surface area contributed by atoms with Crippen molar-refractivity contribution in [2.24, 2.45) is 0 Å². The number of likely N-dealkylation sites (N-methyl/N-ethyl adjacent to an activating group) is 1. The van der Waals surface area contributed by atoms with E-state index in [-0.39, 0.29) is 5.91 Å². The largest absolute Gasteiger partial charge is 0.354 e. The van der Waals surface area contributed by atoms with E-state index in [4.69, 9.17) is 11.6 Å². The van der Waals surface area contributed by atoms with E-state index in [1.807, 2.05) is 66.2 Å². The number of hydrogen-bond acceptors (Lipinski definition) is 2. The summed E-state index contributed by atoms with van der Waals surface area (Å²) in [5.74, 6) is 0.0331. The van der Waals surface area contributed by atoms with Gasteiger partial charge in [-0.3, -0.25) is 4.79 Å². The number of hydrogen-bond donors (Lipinski definition) is 1. The van der Waals surface area contributed by atoms with Gasteiger partial charge in [-0.15, -0.1) is 0 Å². The Balaban J connectivity index is 2.00. The third-order valence-electron chi connectivity index (χ3n) is 3.16. The summed E-state index contributed by atoms with van der Waals surface area (Å²) in [6.45, 7) is 1.50. The second-order valence-corrected chi connectivity index (χ2v) is 5.61. The summed E-state index contributed by atoms with van der Waals surface area (Å²) in [5, 5.41) is 3.63. The number of benzene rings is 1. The molecule has 0 aliphatic rings. The monoisotopic (exact) mass is 305 g/mol. The molecule has 0 radical (unpaired) electrons. The van der Waals surface area contributed by atoms with Gasteiger partial charge in [0.1, 0.15) is 0 Å². The number of nitrogens with zero attached hydrogens (tertiary/aromatic N) is 2. The highest BCUT2D eigenvalue weighted by molar-refractivity contribution is 6.30. The van der Waals surface area contributed by atoms with Crippen LogP contribution in [0.3, 0.4) is 0 Å². The first-order valence-electron chi connectivity index (χ1n) is 6.90. The van der Waals surface area contributed by atoms with Crippen LogP contribution < -0.4 is 5.32 Å². The quantitative estimate of drug-likeness (QED) is 0.889. The van der Waals surface area contributed by atoms with Crippen LogP contribution in [0.1, 0.15) is 5.69 Å². The van der Waals surface area contributed by atoms with Gasteiger partial charge in [0.2, 0.25) is 5.91 Å². The Morgan fingerprint density at radius 2 is 1.95 bits per heavy atom. The standard InChI is InChI=1S/C16H20ClN3O/c1-19(2)11-9-18-16(21)12-15-4-3-10-20(15)14-7-5-13(17)6-8-14/h3-8,10H,9,11-12H2,1-2H3,(H,18,21). The van der Waals surface area contributed by atoms with Gasteiger partial charge in [0.05, 0.1) is 6.42 Å². The number of nitrogens with one attached hydrogen (secondary N) is 1. The Bertz CT molecular complexity index is 590. The van der Waals surface area contributed by atoms with Crippen LogP contribution in [0.15, 0.2) is 42.6 Å². The maximum Gasteiger partial charge on any atom is 0.225 e. The minimum Gasteiger partial charge on any atom is -0.354 e. The third-order valence-corrected chi connectivity index (χ3v) is 3.41. The molecule has 0 fully saturated rings. The molecule has 2 aromatic rings. The molecule has 112 valence electrons. The normalized spacial score (nSPS) is 10.9. The predicted molar refractivity (Wildman–Crippen MR) is 86.0 cm³/mol. The lowest BCUT2D eigenvalue weighted by Crippen LogP contribution is -2.32. The topological polar surface area (TPSA) is 37.3 Å². The molecule has 1 heterocycles. The minimum absolute atomic E-state index is 0.0331. The fraction of sp³-hybridized carbons (Fsp3) is 0.312. The van der Waals surface area contributed by atoms with Gasteiger partial charge < -0.3 is 14.8 Å². The van der Waals surface area contributed by atoms with Crippen molar-refractivity contribution < 1.29 is 4.79 Å². The first-order chi connectivity index (χ1) is 10.1. The highest BCUT2D eigenvalue weighted by Gasteiger charge is 2.08. The van der Waals surface area contributed by atoms with Gasteiger partial charge in [0.15, 0.2) is 0 Å². The van der Waals surface area contributed by atoms with Crippen molar-refractivity contribution in [2.45, 2.75) is 6.42 Å². The van der Waals surface area contributed by atoms with E-state index in [9.17, 15) is 4.79 Å². The number of carbonyl (C=O) groups excluding carboxylic acids is 1. The Morgan fingerprint density at radius 1 is 1.24 bits per heavy atom. The molecule has 0 unspecified atom stereocenters. The molecule has 0 aliphatic heterocycles. The summed E-state index contributed by atoms with van der Waals surface area (Å²) in [5.41, 5.74) is 1.96. The fourth-order valence-electron chi connectivity index (χ4n) is 2.06. The zero-order chi connectivity index (χ0) is 15.2. The van der Waals surface area contributed by atoms with E-state index in [1.165, 1.54) is 0 Å². The van der Waals surface area contributed by atoms with Crippen LogP contribution in [0.2, 0.25) is 5.02 Å². The molecule has 0 saturated heterocycles. The predicted octanol–water partition coefficient (Wildman–Crippen LogP) is 2.35. The molecule has 21 heavy (non-hydrogen) atoms. The van der Waals surface area contributed by atoms with E-state index in [0.717, 1.165) is 17.9 Å². The highest BCUT2D eigenvalue weighted by atomic mass is 35.5. The first kappa shape index (κ1) is 15.6. The van der Waals surface area contributed by atoms with Crippen molar-refractivity contribution in [1.29, 1.82) is 0 Å². The lowest BCUT2D eigenvalue weighted by Gasteiger charge is -2.12. The molecule has 1 N–H and O–H groups in total. The van der Waals surface area contributed by atoms with Crippen molar-refractivity contribution in [2.75, 3.05) is 27.2 Å². The summed E-state index contributed by atoms with van der Waals surface area (Å²) in [6.07, 6.45) is 2.31. The SMILES string of the molecule is CN(C)CCNC(=O)Cc1cccn1-c1ccc(Cl)cc1. The number of aromatic nitrogens is 1. The molecule has 4 nitrogen and oxygen atoms in total. The number of carbonyl (C=O) groups is 1. The Morgan fingerprint density at radius 3 is 2.62 bits per heavy atom. The van der Waals surface area contributed by atoms with Crippen LogP contribution in [0, 0.1) is 0 Å². The fourth-order valence-corrected chi connectivity index (χ4v) is 2.19. The molecule has 5 heteroatoms. The number of halogens is 1. The lowest BCUT2D eigenvalue weighted by molar-refractivity contribution is -0.120. The van der Waals surface area contributed by atoms with E-state index < -0.39 is 0 Å². The molecular formula is C16H20ClN3O. The second-order valence-electron chi connectivity index (χ2n) is 5.18. The molecular weight excluding hydrogens is 286 g/mol. The van der Waals surface area contributed by atoms with Gasteiger partial charge in [-0.05, 0) is 50.5 Å². The Hall–Kier alpha value is -1.78. The van der Waals surface area contributed by atoms with E-state index >= 15 is 0 Å². The third kappa shape index (κ3) is 4.62. The zero-order valence-electron chi connectivity index (χ0n) is 12.3. The van der Waals surface area contributed by atoms with Gasteiger partial charge in [-0.25, -0.2) is 0 Å². The Labute approximate surface area is 130 Å². The summed E-state index contributed by atoms with van der Waals surface area (Å²) in [4.78, 5) is 14.0. The first-order valence-corrected chi connectivity index (χ1v) is 7.27. The summed E-state index contributed by atoms with van der Waals surface area (Å²) in [7, 11) is 3.97. The molecule has 2 rings (SSSR count). The van der Waals surface area contributed by atoms with Crippen molar-refractivity contribution in [3.63, 3.8) is 0 Å². The molecule has 0 saturated carbocycles. The summed E-state index contributed by atoms with van der Waals surface area (Å²) < 4.78 is 2.00. The molecule has 1 aromatic heterocycles. The van der Waals surface area contributed by atoms with Crippen LogP contribution in [0.25, 0.3) is 5.69 Å². The van der Waals surface area contributed by atoms with Gasteiger partial charge >= 0.3 is 0 Å². The zero-order valence-corrected chi connectivity index (χ0v) is 13.1. The smallest absolute Gasteiger partial charge is 0.225 e. The highest BCUT2D eigenvalue weighted by Crippen LogP contribution is 2.16. The van der Waals surface area contributed by atoms with Crippen molar-refractivity contribution in [3.8, 4) is 5.69 Å². The van der Waals surface area contributed by atoms with Gasteiger partial charge in [-0.1, -0.05) is 11.6 Å². The second kappa shape index (κ2) is 7.29. The van der Waals surface area contributed by atoms with Gasteiger partial charge in [-0.2, -0.15) is 0 Å². The average molecular weight is 306 g/mol. The molecule has 0 bridgehead atoms. The van der Waals surface area contributed by atoms with E-state index in [1.54, 1.807) is 0 Å². The van der Waals surface area contributed by atoms with Crippen LogP contribution in [-0.2, 0) is 11.2 Å². The van der Waals surface area contributed by atoms with Crippen LogP contribution in [-0.4, -0.2) is 42.6 Å². The number of amides is 1. The van der Waals surface area contributed by atoms with E-state index in [2.05, 4.69) is 5.32 Å². The van der Waals surface area contributed by atoms with Crippen LogP contribution >= 0.6 is 11.6 Å². The maximum absolute atomic E-state index is 12.0. The number of rotatable bonds is 6.